The quantitative estimate of drug-likeness (QED) is 0.427. The molecule has 1 heterocycles. The number of carbonyl (C=O) groups is 3. The maximum atomic E-state index is 13.7. The molecule has 202 valence electrons. The number of ether oxygens (including phenoxy) is 3. The fourth-order valence-electron chi connectivity index (χ4n) is 6.09. The third-order valence-corrected chi connectivity index (χ3v) is 8.15. The Morgan fingerprint density at radius 1 is 1.05 bits per heavy atom. The van der Waals surface area contributed by atoms with Crippen LogP contribution in [0.5, 0.6) is 17.2 Å². The van der Waals surface area contributed by atoms with Crippen LogP contribution < -0.4 is 4.74 Å². The van der Waals surface area contributed by atoms with E-state index >= 15 is 0 Å². The molecule has 0 bridgehead atoms. The summed E-state index contributed by atoms with van der Waals surface area (Å²) in [5, 5.41) is 33.2. The summed E-state index contributed by atoms with van der Waals surface area (Å²) in [5.74, 6) is -2.64. The lowest BCUT2D eigenvalue weighted by Gasteiger charge is -2.40. The van der Waals surface area contributed by atoms with Crippen molar-refractivity contribution in [2.24, 2.45) is 11.8 Å². The van der Waals surface area contributed by atoms with Gasteiger partial charge in [-0.05, 0) is 31.7 Å². The normalized spacial score (nSPS) is 28.3. The van der Waals surface area contributed by atoms with Crippen molar-refractivity contribution < 1.29 is 43.9 Å². The van der Waals surface area contributed by atoms with Gasteiger partial charge in [0.25, 0.3) is 0 Å². The number of aliphatic hydroxyl groups is 1. The highest BCUT2D eigenvalue weighted by Crippen LogP contribution is 2.52. The Morgan fingerprint density at radius 2 is 1.76 bits per heavy atom. The average molecular weight is 525 g/mol. The van der Waals surface area contributed by atoms with Crippen molar-refractivity contribution in [1.29, 1.82) is 0 Å². The second kappa shape index (κ2) is 9.80. The fourth-order valence-corrected chi connectivity index (χ4v) is 6.09. The van der Waals surface area contributed by atoms with Crippen molar-refractivity contribution in [2.45, 2.75) is 71.1 Å². The van der Waals surface area contributed by atoms with E-state index < -0.39 is 53.6 Å². The average Bonchev–Trinajstić information content (AvgIpc) is 2.90. The first-order valence-electron chi connectivity index (χ1n) is 13.0. The maximum Gasteiger partial charge on any atom is 0.202 e. The van der Waals surface area contributed by atoms with Crippen LogP contribution in [0.15, 0.2) is 18.2 Å². The Balaban J connectivity index is 1.65. The van der Waals surface area contributed by atoms with Crippen LogP contribution in [0.3, 0.4) is 0 Å². The van der Waals surface area contributed by atoms with Crippen LogP contribution in [-0.4, -0.2) is 58.3 Å². The number of hydrogen-bond donors (Lipinski definition) is 3. The molecule has 3 aliphatic rings. The number of carbonyl (C=O) groups excluding carboxylic acids is 3. The van der Waals surface area contributed by atoms with Crippen LogP contribution in [0.2, 0.25) is 0 Å². The number of benzene rings is 2. The van der Waals surface area contributed by atoms with Crippen LogP contribution >= 0.6 is 0 Å². The number of phenols is 2. The minimum atomic E-state index is -0.892. The molecule has 38 heavy (non-hydrogen) atoms. The van der Waals surface area contributed by atoms with E-state index in [4.69, 9.17) is 14.2 Å². The summed E-state index contributed by atoms with van der Waals surface area (Å²) in [6.45, 7) is 5.37. The zero-order valence-corrected chi connectivity index (χ0v) is 21.8. The lowest BCUT2D eigenvalue weighted by Crippen LogP contribution is -2.44. The van der Waals surface area contributed by atoms with Gasteiger partial charge in [-0.2, -0.15) is 0 Å². The zero-order chi connectivity index (χ0) is 27.5. The number of aliphatic hydroxyl groups excluding tert-OH is 1. The third-order valence-electron chi connectivity index (χ3n) is 8.15. The van der Waals surface area contributed by atoms with Crippen LogP contribution in [0.25, 0.3) is 0 Å². The Hall–Kier alpha value is -3.27. The molecule has 2 aliphatic carbocycles. The van der Waals surface area contributed by atoms with Gasteiger partial charge in [-0.15, -0.1) is 0 Å². The van der Waals surface area contributed by atoms with Gasteiger partial charge in [0.15, 0.2) is 12.1 Å². The van der Waals surface area contributed by atoms with Crippen LogP contribution in [0.4, 0.5) is 0 Å². The van der Waals surface area contributed by atoms with Gasteiger partial charge in [0.1, 0.15) is 23.0 Å². The highest BCUT2D eigenvalue weighted by molar-refractivity contribution is 6.31. The number of Topliss-reactive ketones (excluding diaryl/α,β-unsaturated/α-hetero) is 1. The Morgan fingerprint density at radius 3 is 2.42 bits per heavy atom. The molecule has 3 N–H and O–H groups in total. The van der Waals surface area contributed by atoms with E-state index in [0.717, 1.165) is 0 Å². The largest absolute Gasteiger partial charge is 0.507 e. The Bertz CT molecular complexity index is 1320. The van der Waals surface area contributed by atoms with Crippen molar-refractivity contribution >= 4 is 17.3 Å². The van der Waals surface area contributed by atoms with Crippen LogP contribution in [-0.2, 0) is 20.7 Å². The SMILES string of the molecule is CCC(=O)[C@@H]1Cc2c(O)c3c(c(O)c2[C@@H](O[C@H]2C[C@H](C)[C@@H](O)[C@H](C)O2)C1)C(=O)c1c(OC)cccc1C3=O. The predicted octanol–water partition coefficient (Wildman–Crippen LogP) is 3.61. The molecule has 9 nitrogen and oxygen atoms in total. The van der Waals surface area contributed by atoms with Gasteiger partial charge in [0.2, 0.25) is 5.78 Å². The molecule has 0 unspecified atom stereocenters. The van der Waals surface area contributed by atoms with Crippen molar-refractivity contribution in [1.82, 2.24) is 0 Å². The number of hydrogen-bond acceptors (Lipinski definition) is 9. The smallest absolute Gasteiger partial charge is 0.202 e. The van der Waals surface area contributed by atoms with Crippen molar-refractivity contribution in [2.75, 3.05) is 7.11 Å². The topological polar surface area (TPSA) is 140 Å². The molecule has 0 saturated carbocycles. The molecule has 1 fully saturated rings. The molecular formula is C29H32O9. The first-order valence-corrected chi connectivity index (χ1v) is 13.0. The molecule has 5 rings (SSSR count). The summed E-state index contributed by atoms with van der Waals surface area (Å²) >= 11 is 0. The Labute approximate surface area is 220 Å². The van der Waals surface area contributed by atoms with E-state index in [0.29, 0.717) is 6.42 Å². The number of ketones is 3. The van der Waals surface area contributed by atoms with Gasteiger partial charge in [0.05, 0.1) is 42.1 Å². The summed E-state index contributed by atoms with van der Waals surface area (Å²) < 4.78 is 17.5. The van der Waals surface area contributed by atoms with Gasteiger partial charge in [-0.1, -0.05) is 26.0 Å². The molecule has 6 atom stereocenters. The number of methoxy groups -OCH3 is 1. The molecule has 9 heteroatoms. The highest BCUT2D eigenvalue weighted by atomic mass is 16.7. The molecule has 0 radical (unpaired) electrons. The van der Waals surface area contributed by atoms with Crippen LogP contribution in [0, 0.1) is 11.8 Å². The second-order valence-electron chi connectivity index (χ2n) is 10.4. The van der Waals surface area contributed by atoms with Gasteiger partial charge >= 0.3 is 0 Å². The van der Waals surface area contributed by atoms with E-state index in [9.17, 15) is 29.7 Å². The Kier molecular flexibility index (Phi) is 6.79. The number of aromatic hydroxyl groups is 2. The predicted molar refractivity (Wildman–Crippen MR) is 135 cm³/mol. The first kappa shape index (κ1) is 26.3. The molecule has 0 aromatic heterocycles. The summed E-state index contributed by atoms with van der Waals surface area (Å²) in [6.07, 6.45) is -1.83. The monoisotopic (exact) mass is 524 g/mol. The van der Waals surface area contributed by atoms with Crippen molar-refractivity contribution in [3.8, 4) is 17.2 Å². The lowest BCUT2D eigenvalue weighted by molar-refractivity contribution is -0.251. The van der Waals surface area contributed by atoms with Gasteiger partial charge in [0, 0.05) is 35.4 Å². The van der Waals surface area contributed by atoms with E-state index in [1.807, 2.05) is 6.92 Å². The minimum absolute atomic E-state index is 0.0155. The summed E-state index contributed by atoms with van der Waals surface area (Å²) in [4.78, 5) is 40.0. The van der Waals surface area contributed by atoms with Gasteiger partial charge in [-0.25, -0.2) is 0 Å². The summed E-state index contributed by atoms with van der Waals surface area (Å²) in [7, 11) is 1.38. The molecule has 0 spiro atoms. The number of phenolic OH excluding ortho intramolecular Hbond substituents is 2. The first-order chi connectivity index (χ1) is 18.1. The van der Waals surface area contributed by atoms with Gasteiger partial charge in [-0.3, -0.25) is 14.4 Å². The molecule has 2 aromatic rings. The van der Waals surface area contributed by atoms with E-state index in [-0.39, 0.29) is 70.1 Å². The summed E-state index contributed by atoms with van der Waals surface area (Å²) in [5.41, 5.74) is -0.113. The lowest BCUT2D eigenvalue weighted by atomic mass is 9.73. The zero-order valence-electron chi connectivity index (χ0n) is 21.8. The molecule has 0 amide bonds. The van der Waals surface area contributed by atoms with Gasteiger partial charge < -0.3 is 29.5 Å². The van der Waals surface area contributed by atoms with Crippen molar-refractivity contribution in [3.63, 3.8) is 0 Å². The molecule has 1 saturated heterocycles. The summed E-state index contributed by atoms with van der Waals surface area (Å²) in [6, 6.07) is 4.60. The third kappa shape index (κ3) is 4.00. The molecular weight excluding hydrogens is 492 g/mol. The second-order valence-corrected chi connectivity index (χ2v) is 10.4. The fraction of sp³-hybridized carbons (Fsp3) is 0.483. The van der Waals surface area contributed by atoms with E-state index in [1.54, 1.807) is 26.0 Å². The number of rotatable bonds is 5. The number of fused-ring (bicyclic) bond motifs is 3. The molecule has 1 aliphatic heterocycles. The van der Waals surface area contributed by atoms with E-state index in [1.165, 1.54) is 13.2 Å². The highest BCUT2D eigenvalue weighted by Gasteiger charge is 2.45. The van der Waals surface area contributed by atoms with Crippen LogP contribution in [0.1, 0.15) is 89.1 Å². The standard InChI is InChI=1S/C29H32O9/c1-5-17(30)14-10-16-22(19(11-14)38-20-9-12(2)25(31)13(3)37-20)29(35)24-23(27(16)33)26(32)15-7-6-8-18(36-4)21(15)28(24)34/h6-8,12-14,19-20,25,31,33,35H,5,9-11H2,1-4H3/t12-,13-,14+,19-,20-,25+/m0/s1. The maximum absolute atomic E-state index is 13.7. The van der Waals surface area contributed by atoms with E-state index in [2.05, 4.69) is 0 Å². The minimum Gasteiger partial charge on any atom is -0.507 e. The molecule has 2 aromatic carbocycles. The van der Waals surface area contributed by atoms with Crippen molar-refractivity contribution in [3.05, 3.63) is 51.6 Å².